The van der Waals surface area contributed by atoms with Crippen molar-refractivity contribution in [3.63, 3.8) is 0 Å². The smallest absolute Gasteiger partial charge is 0.0591 e. The van der Waals surface area contributed by atoms with Gasteiger partial charge in [-0.1, -0.05) is 26.3 Å². The fraction of sp³-hybridized carbons (Fsp3) is 0.600. The highest BCUT2D eigenvalue weighted by Crippen LogP contribution is 2.33. The van der Waals surface area contributed by atoms with Gasteiger partial charge >= 0.3 is 0 Å². The van der Waals surface area contributed by atoms with Crippen molar-refractivity contribution in [2.45, 2.75) is 57.4 Å². The van der Waals surface area contributed by atoms with Crippen molar-refractivity contribution in [3.8, 4) is 0 Å². The third-order valence-corrected chi connectivity index (χ3v) is 5.55. The lowest BCUT2D eigenvalue weighted by atomic mass is 9.81. The molecule has 3 aliphatic heterocycles. The summed E-state index contributed by atoms with van der Waals surface area (Å²) in [5.74, 6) is 0. The molecule has 0 aromatic carbocycles. The van der Waals surface area contributed by atoms with Gasteiger partial charge in [0, 0.05) is 41.2 Å². The maximum absolute atomic E-state index is 6.32. The molecule has 3 rings (SSSR count). The van der Waals surface area contributed by atoms with E-state index >= 15 is 0 Å². The largest absolute Gasteiger partial charge is 0.401 e. The van der Waals surface area contributed by atoms with Gasteiger partial charge in [0.25, 0.3) is 0 Å². The fourth-order valence-corrected chi connectivity index (χ4v) is 4.24. The molecule has 136 valence electrons. The van der Waals surface area contributed by atoms with Crippen LogP contribution in [0.15, 0.2) is 45.4 Å². The minimum absolute atomic E-state index is 0.254. The Balaban J connectivity index is 1.86. The molecule has 2 fully saturated rings. The van der Waals surface area contributed by atoms with Crippen LogP contribution in [0.4, 0.5) is 0 Å². The van der Waals surface area contributed by atoms with E-state index in [1.807, 2.05) is 6.08 Å². The molecule has 1 spiro atoms. The summed E-state index contributed by atoms with van der Waals surface area (Å²) in [4.78, 5) is 2.47. The zero-order chi connectivity index (χ0) is 17.7. The topological polar surface area (TPSA) is 66.0 Å². The summed E-state index contributed by atoms with van der Waals surface area (Å²) < 4.78 is 0. The summed E-state index contributed by atoms with van der Waals surface area (Å²) in [6.45, 7) is 9.73. The van der Waals surface area contributed by atoms with Gasteiger partial charge in [0.2, 0.25) is 0 Å². The summed E-state index contributed by atoms with van der Waals surface area (Å²) in [7, 11) is 0. The minimum atomic E-state index is 0.254. The van der Waals surface area contributed by atoms with Crippen molar-refractivity contribution in [1.82, 2.24) is 10.2 Å². The van der Waals surface area contributed by atoms with Gasteiger partial charge in [-0.15, -0.1) is 0 Å². The van der Waals surface area contributed by atoms with Gasteiger partial charge in [0.05, 0.1) is 12.4 Å². The van der Waals surface area contributed by atoms with Gasteiger partial charge in [-0.2, -0.15) is 10.2 Å². The van der Waals surface area contributed by atoms with Crippen molar-refractivity contribution in [1.29, 1.82) is 0 Å². The number of nitrogens with zero attached hydrogens (tertiary/aromatic N) is 3. The summed E-state index contributed by atoms with van der Waals surface area (Å²) >= 11 is 0. The fourth-order valence-electron chi connectivity index (χ4n) is 4.24. The summed E-state index contributed by atoms with van der Waals surface area (Å²) in [6.07, 6.45) is 13.8. The standard InChI is InChI=1S/C20H31N5/c1-3-7-18(21)17-14-24-23-12-8-19(16(17)2)25-13-6-10-20(15-25)9-4-5-11-22-20/h8,12,14,22H,2-7,9-11,13,15,21H2,1H3/b18-17?,19-8?,23-12-,24-14?. The lowest BCUT2D eigenvalue weighted by Gasteiger charge is -2.47. The molecule has 5 heteroatoms. The second kappa shape index (κ2) is 8.00. The zero-order valence-corrected chi connectivity index (χ0v) is 15.4. The molecular weight excluding hydrogens is 310 g/mol. The lowest BCUT2D eigenvalue weighted by Crippen LogP contribution is -2.58. The van der Waals surface area contributed by atoms with Crippen molar-refractivity contribution >= 4 is 12.4 Å². The number of nitrogens with two attached hydrogens (primary N) is 1. The molecule has 0 amide bonds. The van der Waals surface area contributed by atoms with E-state index in [1.165, 1.54) is 32.1 Å². The molecule has 0 saturated carbocycles. The van der Waals surface area contributed by atoms with Crippen molar-refractivity contribution in [2.75, 3.05) is 19.6 Å². The molecule has 3 N–H and O–H groups in total. The Kier molecular flexibility index (Phi) is 5.74. The van der Waals surface area contributed by atoms with E-state index in [0.29, 0.717) is 0 Å². The van der Waals surface area contributed by atoms with E-state index in [4.69, 9.17) is 5.73 Å². The van der Waals surface area contributed by atoms with Gasteiger partial charge in [0.1, 0.15) is 0 Å². The van der Waals surface area contributed by atoms with Crippen LogP contribution in [0.2, 0.25) is 0 Å². The second-order valence-corrected chi connectivity index (χ2v) is 7.42. The Bertz CT molecular complexity index is 614. The number of hydrogen-bond donors (Lipinski definition) is 2. The average Bonchev–Trinajstić information content (AvgIpc) is 2.59. The zero-order valence-electron chi connectivity index (χ0n) is 15.4. The van der Waals surface area contributed by atoms with Gasteiger partial charge in [-0.3, -0.25) is 0 Å². The second-order valence-electron chi connectivity index (χ2n) is 7.42. The third kappa shape index (κ3) is 4.03. The van der Waals surface area contributed by atoms with Crippen LogP contribution < -0.4 is 11.1 Å². The van der Waals surface area contributed by atoms with E-state index in [2.05, 4.69) is 33.9 Å². The van der Waals surface area contributed by atoms with Crippen molar-refractivity contribution < 1.29 is 0 Å². The maximum atomic E-state index is 6.32. The average molecular weight is 342 g/mol. The molecule has 3 aliphatic rings. The minimum Gasteiger partial charge on any atom is -0.401 e. The molecule has 0 aromatic heterocycles. The Hall–Kier alpha value is -1.88. The molecule has 0 aliphatic carbocycles. The number of likely N-dealkylation sites (tertiary alicyclic amines) is 1. The van der Waals surface area contributed by atoms with Crippen molar-refractivity contribution in [2.24, 2.45) is 15.9 Å². The number of allylic oxidation sites excluding steroid dienone is 3. The quantitative estimate of drug-likeness (QED) is 0.829. The Morgan fingerprint density at radius 2 is 2.16 bits per heavy atom. The number of hydrogen-bond acceptors (Lipinski definition) is 5. The van der Waals surface area contributed by atoms with Crippen LogP contribution in [-0.4, -0.2) is 42.5 Å². The first-order chi connectivity index (χ1) is 12.2. The molecule has 0 radical (unpaired) electrons. The number of piperidine rings is 2. The Labute approximate surface area is 151 Å². The van der Waals surface area contributed by atoms with Crippen LogP contribution in [0.1, 0.15) is 51.9 Å². The van der Waals surface area contributed by atoms with E-state index in [1.54, 1.807) is 12.4 Å². The van der Waals surface area contributed by atoms with Crippen LogP contribution >= 0.6 is 0 Å². The highest BCUT2D eigenvalue weighted by molar-refractivity contribution is 5.90. The normalized spacial score (nSPS) is 30.7. The SMILES string of the molecule is C=C1C(N2CCCC3(CCCCN3)C2)=C/C=N\N=CC1=C(N)CCC. The molecular formula is C20H31N5. The van der Waals surface area contributed by atoms with Crippen LogP contribution in [0.25, 0.3) is 0 Å². The van der Waals surface area contributed by atoms with Crippen LogP contribution in [0.3, 0.4) is 0 Å². The number of rotatable bonds is 3. The molecule has 25 heavy (non-hydrogen) atoms. The molecule has 0 bridgehead atoms. The highest BCUT2D eigenvalue weighted by atomic mass is 15.2. The maximum Gasteiger partial charge on any atom is 0.0591 e. The molecule has 1 unspecified atom stereocenters. The first-order valence-electron chi connectivity index (χ1n) is 9.60. The van der Waals surface area contributed by atoms with E-state index in [-0.39, 0.29) is 5.54 Å². The molecule has 0 aromatic rings. The monoisotopic (exact) mass is 341 g/mol. The first-order valence-corrected chi connectivity index (χ1v) is 9.60. The molecule has 2 saturated heterocycles. The Morgan fingerprint density at radius 3 is 2.92 bits per heavy atom. The highest BCUT2D eigenvalue weighted by Gasteiger charge is 2.37. The predicted octanol–water partition coefficient (Wildman–Crippen LogP) is 3.12. The molecule has 5 nitrogen and oxygen atoms in total. The molecule has 1 atom stereocenters. The van der Waals surface area contributed by atoms with E-state index < -0.39 is 0 Å². The predicted molar refractivity (Wildman–Crippen MR) is 106 cm³/mol. The summed E-state index contributed by atoms with van der Waals surface area (Å²) in [5, 5.41) is 12.0. The lowest BCUT2D eigenvalue weighted by molar-refractivity contribution is 0.124. The summed E-state index contributed by atoms with van der Waals surface area (Å²) in [6, 6.07) is 0. The number of nitrogens with one attached hydrogen (secondary N) is 1. The summed E-state index contributed by atoms with van der Waals surface area (Å²) in [5.41, 5.74) is 10.5. The van der Waals surface area contributed by atoms with Crippen molar-refractivity contribution in [3.05, 3.63) is 35.2 Å². The van der Waals surface area contributed by atoms with Gasteiger partial charge < -0.3 is 16.0 Å². The van der Waals surface area contributed by atoms with Crippen LogP contribution in [-0.2, 0) is 0 Å². The van der Waals surface area contributed by atoms with E-state index in [0.717, 1.165) is 55.0 Å². The van der Waals surface area contributed by atoms with E-state index in [9.17, 15) is 0 Å². The van der Waals surface area contributed by atoms with Gasteiger partial charge in [-0.25, -0.2) is 0 Å². The van der Waals surface area contributed by atoms with Crippen LogP contribution in [0, 0.1) is 0 Å². The first kappa shape index (κ1) is 17.9. The van der Waals surface area contributed by atoms with Crippen LogP contribution in [0.5, 0.6) is 0 Å². The third-order valence-electron chi connectivity index (χ3n) is 5.55. The molecule has 3 heterocycles. The van der Waals surface area contributed by atoms with Gasteiger partial charge in [0.15, 0.2) is 0 Å². The van der Waals surface area contributed by atoms with Gasteiger partial charge in [-0.05, 0) is 44.7 Å². The Morgan fingerprint density at radius 1 is 1.32 bits per heavy atom.